The maximum atomic E-state index is 11.2. The lowest BCUT2D eigenvalue weighted by Crippen LogP contribution is -2.27. The predicted octanol–water partition coefficient (Wildman–Crippen LogP) is 3.20. The molecule has 0 N–H and O–H groups in total. The number of aldehydes is 1. The van der Waals surface area contributed by atoms with Crippen LogP contribution in [0.15, 0.2) is 12.7 Å². The van der Waals surface area contributed by atoms with Gasteiger partial charge in [0.25, 0.3) is 0 Å². The van der Waals surface area contributed by atoms with Gasteiger partial charge in [-0.3, -0.25) is 0 Å². The zero-order chi connectivity index (χ0) is 9.90. The summed E-state index contributed by atoms with van der Waals surface area (Å²) in [6.45, 7) is 8.16. The lowest BCUT2D eigenvalue weighted by atomic mass is 9.74. The van der Waals surface area contributed by atoms with Gasteiger partial charge >= 0.3 is 0 Å². The van der Waals surface area contributed by atoms with Crippen LogP contribution in [0.4, 0.5) is 0 Å². The van der Waals surface area contributed by atoms with E-state index in [1.807, 2.05) is 6.08 Å². The second-order valence-electron chi connectivity index (χ2n) is 4.62. The summed E-state index contributed by atoms with van der Waals surface area (Å²) in [4.78, 5) is 11.2. The van der Waals surface area contributed by atoms with Gasteiger partial charge in [-0.05, 0) is 37.5 Å². The Kier molecular flexibility index (Phi) is 3.29. The number of carbonyl (C=O) groups is 1. The highest BCUT2D eigenvalue weighted by Gasteiger charge is 2.40. The highest BCUT2D eigenvalue weighted by Crippen LogP contribution is 2.46. The summed E-state index contributed by atoms with van der Waals surface area (Å²) in [5.74, 6) is 1.19. The molecule has 0 aliphatic heterocycles. The molecule has 1 saturated carbocycles. The van der Waals surface area contributed by atoms with Crippen LogP contribution in [0.2, 0.25) is 0 Å². The molecule has 74 valence electrons. The monoisotopic (exact) mass is 180 g/mol. The fourth-order valence-corrected chi connectivity index (χ4v) is 2.52. The molecule has 0 spiro atoms. The van der Waals surface area contributed by atoms with Gasteiger partial charge in [-0.1, -0.05) is 19.9 Å². The number of hydrogen-bond donors (Lipinski definition) is 0. The van der Waals surface area contributed by atoms with E-state index in [9.17, 15) is 4.79 Å². The Morgan fingerprint density at radius 3 is 2.77 bits per heavy atom. The fourth-order valence-electron chi connectivity index (χ4n) is 2.52. The minimum atomic E-state index is -0.0341. The van der Waals surface area contributed by atoms with Crippen molar-refractivity contribution in [2.24, 2.45) is 17.3 Å². The standard InChI is InChI=1S/C12H20O/c1-4-5-11(3)12(9-13)7-6-10(2)8-12/h4,9-11H,1,5-8H2,2-3H3. The highest BCUT2D eigenvalue weighted by atomic mass is 16.1. The molecule has 1 rings (SSSR count). The minimum Gasteiger partial charge on any atom is -0.303 e. The van der Waals surface area contributed by atoms with Gasteiger partial charge in [-0.25, -0.2) is 0 Å². The van der Waals surface area contributed by atoms with E-state index in [1.54, 1.807) is 0 Å². The van der Waals surface area contributed by atoms with E-state index in [4.69, 9.17) is 0 Å². The first kappa shape index (κ1) is 10.5. The average Bonchev–Trinajstić information content (AvgIpc) is 2.49. The second-order valence-corrected chi connectivity index (χ2v) is 4.62. The van der Waals surface area contributed by atoms with Gasteiger partial charge in [0.1, 0.15) is 6.29 Å². The van der Waals surface area contributed by atoms with E-state index in [0.29, 0.717) is 5.92 Å². The van der Waals surface area contributed by atoms with E-state index >= 15 is 0 Å². The molecular formula is C12H20O. The summed E-state index contributed by atoms with van der Waals surface area (Å²) in [5.41, 5.74) is -0.0341. The SMILES string of the molecule is C=CCC(C)C1(C=O)CCC(C)C1. The Labute approximate surface area is 81.2 Å². The number of allylic oxidation sites excluding steroid dienone is 1. The smallest absolute Gasteiger partial charge is 0.126 e. The summed E-state index contributed by atoms with van der Waals surface area (Å²) in [6, 6.07) is 0. The molecule has 0 heterocycles. The van der Waals surface area contributed by atoms with Crippen LogP contribution in [0.5, 0.6) is 0 Å². The van der Waals surface area contributed by atoms with Crippen LogP contribution in [0, 0.1) is 17.3 Å². The summed E-state index contributed by atoms with van der Waals surface area (Å²) in [5, 5.41) is 0. The molecule has 0 saturated heterocycles. The molecule has 0 bridgehead atoms. The molecule has 1 heteroatoms. The third-order valence-electron chi connectivity index (χ3n) is 3.57. The maximum absolute atomic E-state index is 11.2. The Balaban J connectivity index is 2.69. The van der Waals surface area contributed by atoms with Crippen molar-refractivity contribution < 1.29 is 4.79 Å². The largest absolute Gasteiger partial charge is 0.303 e. The predicted molar refractivity (Wildman–Crippen MR) is 55.5 cm³/mol. The Morgan fingerprint density at radius 2 is 2.38 bits per heavy atom. The van der Waals surface area contributed by atoms with Gasteiger partial charge < -0.3 is 4.79 Å². The van der Waals surface area contributed by atoms with Gasteiger partial charge in [0.05, 0.1) is 0 Å². The van der Waals surface area contributed by atoms with Crippen molar-refractivity contribution in [3.05, 3.63) is 12.7 Å². The quantitative estimate of drug-likeness (QED) is 0.479. The molecule has 3 atom stereocenters. The Hall–Kier alpha value is -0.590. The van der Waals surface area contributed by atoms with Crippen LogP contribution in [-0.4, -0.2) is 6.29 Å². The van der Waals surface area contributed by atoms with Crippen molar-refractivity contribution in [1.82, 2.24) is 0 Å². The van der Waals surface area contributed by atoms with Gasteiger partial charge in [0.15, 0.2) is 0 Å². The second kappa shape index (κ2) is 4.08. The van der Waals surface area contributed by atoms with Gasteiger partial charge in [0.2, 0.25) is 0 Å². The molecule has 13 heavy (non-hydrogen) atoms. The van der Waals surface area contributed by atoms with Gasteiger partial charge in [0, 0.05) is 5.41 Å². The van der Waals surface area contributed by atoms with E-state index in [0.717, 1.165) is 25.2 Å². The van der Waals surface area contributed by atoms with E-state index in [1.165, 1.54) is 12.7 Å². The topological polar surface area (TPSA) is 17.1 Å². The van der Waals surface area contributed by atoms with Gasteiger partial charge in [-0.2, -0.15) is 0 Å². The molecule has 1 aliphatic rings. The zero-order valence-corrected chi connectivity index (χ0v) is 8.75. The fraction of sp³-hybridized carbons (Fsp3) is 0.750. The third kappa shape index (κ3) is 2.01. The molecule has 1 fully saturated rings. The molecule has 0 aromatic carbocycles. The summed E-state index contributed by atoms with van der Waals surface area (Å²) < 4.78 is 0. The molecular weight excluding hydrogens is 160 g/mol. The van der Waals surface area contributed by atoms with Crippen LogP contribution in [0.3, 0.4) is 0 Å². The van der Waals surface area contributed by atoms with Crippen LogP contribution in [0.25, 0.3) is 0 Å². The van der Waals surface area contributed by atoms with Crippen molar-refractivity contribution in [2.45, 2.75) is 39.5 Å². The summed E-state index contributed by atoms with van der Waals surface area (Å²) in [6.07, 6.45) is 7.45. The minimum absolute atomic E-state index is 0.0341. The number of rotatable bonds is 4. The first-order valence-corrected chi connectivity index (χ1v) is 5.22. The number of hydrogen-bond acceptors (Lipinski definition) is 1. The van der Waals surface area contributed by atoms with Crippen LogP contribution >= 0.6 is 0 Å². The normalized spacial score (nSPS) is 35.7. The van der Waals surface area contributed by atoms with Gasteiger partial charge in [-0.15, -0.1) is 6.58 Å². The molecule has 0 radical (unpaired) electrons. The van der Waals surface area contributed by atoms with Crippen LogP contribution < -0.4 is 0 Å². The number of carbonyl (C=O) groups excluding carboxylic acids is 1. The molecule has 3 unspecified atom stereocenters. The Bertz CT molecular complexity index is 197. The van der Waals surface area contributed by atoms with E-state index < -0.39 is 0 Å². The Morgan fingerprint density at radius 1 is 1.69 bits per heavy atom. The maximum Gasteiger partial charge on any atom is 0.126 e. The van der Waals surface area contributed by atoms with Crippen molar-refractivity contribution in [1.29, 1.82) is 0 Å². The van der Waals surface area contributed by atoms with Crippen LogP contribution in [-0.2, 0) is 4.79 Å². The third-order valence-corrected chi connectivity index (χ3v) is 3.57. The van der Waals surface area contributed by atoms with E-state index in [-0.39, 0.29) is 5.41 Å². The molecule has 0 aromatic heterocycles. The van der Waals surface area contributed by atoms with E-state index in [2.05, 4.69) is 20.4 Å². The first-order valence-electron chi connectivity index (χ1n) is 5.22. The first-order chi connectivity index (χ1) is 6.14. The summed E-state index contributed by atoms with van der Waals surface area (Å²) >= 11 is 0. The van der Waals surface area contributed by atoms with Crippen molar-refractivity contribution in [3.63, 3.8) is 0 Å². The average molecular weight is 180 g/mol. The van der Waals surface area contributed by atoms with Crippen molar-refractivity contribution in [3.8, 4) is 0 Å². The zero-order valence-electron chi connectivity index (χ0n) is 8.75. The molecule has 0 aromatic rings. The molecule has 1 nitrogen and oxygen atoms in total. The van der Waals surface area contributed by atoms with Crippen molar-refractivity contribution >= 4 is 6.29 Å². The van der Waals surface area contributed by atoms with Crippen molar-refractivity contribution in [2.75, 3.05) is 0 Å². The highest BCUT2D eigenvalue weighted by molar-refractivity contribution is 5.60. The lowest BCUT2D eigenvalue weighted by molar-refractivity contribution is -0.118. The lowest BCUT2D eigenvalue weighted by Gasteiger charge is -2.29. The molecule has 0 amide bonds. The molecule has 1 aliphatic carbocycles. The summed E-state index contributed by atoms with van der Waals surface area (Å²) in [7, 11) is 0. The van der Waals surface area contributed by atoms with Crippen LogP contribution in [0.1, 0.15) is 39.5 Å².